The summed E-state index contributed by atoms with van der Waals surface area (Å²) in [5, 5.41) is 16.0. The van der Waals surface area contributed by atoms with Gasteiger partial charge in [0.1, 0.15) is 5.82 Å². The van der Waals surface area contributed by atoms with Crippen LogP contribution in [0.2, 0.25) is 0 Å². The van der Waals surface area contributed by atoms with Crippen LogP contribution in [0.5, 0.6) is 0 Å². The molecule has 0 spiro atoms. The average Bonchev–Trinajstić information content (AvgIpc) is 3.33. The number of carbonyl (C=O) groups is 1. The highest BCUT2D eigenvalue weighted by Gasteiger charge is 2.23. The third-order valence-electron chi connectivity index (χ3n) is 6.06. The van der Waals surface area contributed by atoms with E-state index in [1.807, 2.05) is 30.3 Å². The van der Waals surface area contributed by atoms with Crippen molar-refractivity contribution in [1.82, 2.24) is 15.5 Å². The number of hydrogen-bond donors (Lipinski definition) is 2. The molecule has 6 nitrogen and oxygen atoms in total. The standard InChI is InChI=1S/C28H28FN3O3/c1-18-6-7-21(14-19(18)2)15-25(23-4-3-5-24(29)16-23)28-31-27(32-35-28)22-10-8-20(9-11-22)17-30-13-12-26(33)34/h3-11,14,16,25,30H,12-13,15,17H2,1-2H3,(H,33,34). The molecule has 0 amide bonds. The minimum absolute atomic E-state index is 0.0817. The molecular formula is C28H28FN3O3. The molecule has 35 heavy (non-hydrogen) atoms. The van der Waals surface area contributed by atoms with Crippen molar-refractivity contribution in [3.8, 4) is 11.4 Å². The fraction of sp³-hybridized carbons (Fsp3) is 0.250. The van der Waals surface area contributed by atoms with Crippen molar-refractivity contribution in [3.05, 3.63) is 106 Å². The topological polar surface area (TPSA) is 88.2 Å². The van der Waals surface area contributed by atoms with Gasteiger partial charge in [-0.25, -0.2) is 4.39 Å². The number of aliphatic carboxylic acids is 1. The molecule has 0 saturated carbocycles. The van der Waals surface area contributed by atoms with Gasteiger partial charge >= 0.3 is 5.97 Å². The Hall–Kier alpha value is -3.84. The predicted molar refractivity (Wildman–Crippen MR) is 132 cm³/mol. The average molecular weight is 474 g/mol. The Morgan fingerprint density at radius 1 is 1.03 bits per heavy atom. The summed E-state index contributed by atoms with van der Waals surface area (Å²) in [5.41, 5.74) is 6.14. The molecule has 3 aromatic carbocycles. The highest BCUT2D eigenvalue weighted by atomic mass is 19.1. The van der Waals surface area contributed by atoms with Gasteiger partial charge < -0.3 is 14.9 Å². The normalized spacial score (nSPS) is 12.0. The van der Waals surface area contributed by atoms with Gasteiger partial charge in [-0.3, -0.25) is 4.79 Å². The minimum Gasteiger partial charge on any atom is -0.481 e. The molecule has 1 heterocycles. The Kier molecular flexibility index (Phi) is 7.67. The lowest BCUT2D eigenvalue weighted by Crippen LogP contribution is -2.17. The van der Waals surface area contributed by atoms with E-state index in [1.165, 1.54) is 23.3 Å². The minimum atomic E-state index is -0.824. The molecule has 4 rings (SSSR count). The van der Waals surface area contributed by atoms with Crippen molar-refractivity contribution in [3.63, 3.8) is 0 Å². The summed E-state index contributed by atoms with van der Waals surface area (Å²) in [5.74, 6) is -0.517. The van der Waals surface area contributed by atoms with E-state index in [4.69, 9.17) is 9.63 Å². The van der Waals surface area contributed by atoms with Crippen LogP contribution in [0, 0.1) is 19.7 Å². The molecule has 0 radical (unpaired) electrons. The van der Waals surface area contributed by atoms with Gasteiger partial charge in [0, 0.05) is 18.7 Å². The molecule has 0 fully saturated rings. The summed E-state index contributed by atoms with van der Waals surface area (Å²) in [4.78, 5) is 15.3. The highest BCUT2D eigenvalue weighted by molar-refractivity contribution is 5.66. The van der Waals surface area contributed by atoms with E-state index in [0.717, 1.165) is 22.3 Å². The maximum Gasteiger partial charge on any atom is 0.304 e. The van der Waals surface area contributed by atoms with Gasteiger partial charge in [-0.15, -0.1) is 0 Å². The predicted octanol–water partition coefficient (Wildman–Crippen LogP) is 5.43. The van der Waals surface area contributed by atoms with Crippen molar-refractivity contribution in [2.24, 2.45) is 0 Å². The van der Waals surface area contributed by atoms with Gasteiger partial charge in [-0.1, -0.05) is 59.8 Å². The van der Waals surface area contributed by atoms with E-state index in [-0.39, 0.29) is 18.2 Å². The van der Waals surface area contributed by atoms with E-state index < -0.39 is 5.97 Å². The zero-order valence-electron chi connectivity index (χ0n) is 19.8. The Bertz CT molecular complexity index is 1300. The van der Waals surface area contributed by atoms with E-state index in [0.29, 0.717) is 31.2 Å². The first-order valence-corrected chi connectivity index (χ1v) is 11.6. The Labute approximate surface area is 203 Å². The van der Waals surface area contributed by atoms with E-state index in [2.05, 4.69) is 47.5 Å². The van der Waals surface area contributed by atoms with Crippen LogP contribution in [0.15, 0.2) is 71.3 Å². The molecule has 2 N–H and O–H groups in total. The number of halogens is 1. The lowest BCUT2D eigenvalue weighted by molar-refractivity contribution is -0.136. The molecule has 0 saturated heterocycles. The van der Waals surface area contributed by atoms with Crippen LogP contribution in [0.25, 0.3) is 11.4 Å². The van der Waals surface area contributed by atoms with Crippen LogP contribution < -0.4 is 5.32 Å². The fourth-order valence-electron chi connectivity index (χ4n) is 3.93. The summed E-state index contributed by atoms with van der Waals surface area (Å²) in [6, 6.07) is 20.5. The summed E-state index contributed by atoms with van der Waals surface area (Å²) >= 11 is 0. The lowest BCUT2D eigenvalue weighted by Gasteiger charge is -2.14. The summed E-state index contributed by atoms with van der Waals surface area (Å²) in [6.07, 6.45) is 0.686. The first-order chi connectivity index (χ1) is 16.9. The molecule has 0 aliphatic carbocycles. The molecule has 180 valence electrons. The summed E-state index contributed by atoms with van der Waals surface area (Å²) < 4.78 is 19.7. The van der Waals surface area contributed by atoms with Crippen LogP contribution in [-0.2, 0) is 17.8 Å². The van der Waals surface area contributed by atoms with Crippen LogP contribution in [0.4, 0.5) is 4.39 Å². The summed E-state index contributed by atoms with van der Waals surface area (Å²) in [6.45, 7) is 5.13. The van der Waals surface area contributed by atoms with Gasteiger partial charge in [0.05, 0.1) is 12.3 Å². The zero-order valence-corrected chi connectivity index (χ0v) is 19.8. The van der Waals surface area contributed by atoms with Gasteiger partial charge in [-0.05, 0) is 60.2 Å². The van der Waals surface area contributed by atoms with E-state index in [1.54, 1.807) is 6.07 Å². The number of carboxylic acids is 1. The molecule has 1 atom stereocenters. The number of carboxylic acid groups (broad SMARTS) is 1. The Morgan fingerprint density at radius 2 is 1.80 bits per heavy atom. The van der Waals surface area contributed by atoms with Crippen LogP contribution in [0.1, 0.15) is 46.0 Å². The van der Waals surface area contributed by atoms with Crippen molar-refractivity contribution in [2.45, 2.75) is 39.2 Å². The number of aromatic nitrogens is 2. The molecule has 0 aliphatic rings. The van der Waals surface area contributed by atoms with Gasteiger partial charge in [-0.2, -0.15) is 4.98 Å². The van der Waals surface area contributed by atoms with Gasteiger partial charge in [0.25, 0.3) is 0 Å². The first kappa shape index (κ1) is 24.3. The maximum atomic E-state index is 14.1. The highest BCUT2D eigenvalue weighted by Crippen LogP contribution is 2.30. The number of hydrogen-bond acceptors (Lipinski definition) is 5. The largest absolute Gasteiger partial charge is 0.481 e. The molecule has 0 bridgehead atoms. The Morgan fingerprint density at radius 3 is 2.51 bits per heavy atom. The second-order valence-corrected chi connectivity index (χ2v) is 8.70. The second kappa shape index (κ2) is 11.1. The van der Waals surface area contributed by atoms with E-state index >= 15 is 0 Å². The number of nitrogens with one attached hydrogen (secondary N) is 1. The fourth-order valence-corrected chi connectivity index (χ4v) is 3.93. The quantitative estimate of drug-likeness (QED) is 0.299. The molecule has 1 aromatic heterocycles. The molecule has 0 aliphatic heterocycles. The smallest absolute Gasteiger partial charge is 0.304 e. The summed E-state index contributed by atoms with van der Waals surface area (Å²) in [7, 11) is 0. The van der Waals surface area contributed by atoms with Crippen molar-refractivity contribution >= 4 is 5.97 Å². The number of rotatable bonds is 10. The zero-order chi connectivity index (χ0) is 24.8. The second-order valence-electron chi connectivity index (χ2n) is 8.70. The van der Waals surface area contributed by atoms with Crippen molar-refractivity contribution in [1.29, 1.82) is 0 Å². The molecule has 1 unspecified atom stereocenters. The van der Waals surface area contributed by atoms with Crippen molar-refractivity contribution in [2.75, 3.05) is 6.54 Å². The number of benzene rings is 3. The maximum absolute atomic E-state index is 14.1. The third-order valence-corrected chi connectivity index (χ3v) is 6.06. The Balaban J connectivity index is 1.54. The number of nitrogens with zero attached hydrogens (tertiary/aromatic N) is 2. The molecule has 7 heteroatoms. The van der Waals surface area contributed by atoms with Crippen LogP contribution in [0.3, 0.4) is 0 Å². The number of aryl methyl sites for hydroxylation is 2. The van der Waals surface area contributed by atoms with Crippen LogP contribution >= 0.6 is 0 Å². The van der Waals surface area contributed by atoms with Crippen molar-refractivity contribution < 1.29 is 18.8 Å². The van der Waals surface area contributed by atoms with Crippen LogP contribution in [-0.4, -0.2) is 27.8 Å². The monoisotopic (exact) mass is 473 g/mol. The molecule has 4 aromatic rings. The molecular weight excluding hydrogens is 445 g/mol. The van der Waals surface area contributed by atoms with E-state index in [9.17, 15) is 9.18 Å². The first-order valence-electron chi connectivity index (χ1n) is 11.6. The van der Waals surface area contributed by atoms with Gasteiger partial charge in [0.2, 0.25) is 11.7 Å². The van der Waals surface area contributed by atoms with Gasteiger partial charge in [0.15, 0.2) is 0 Å². The lowest BCUT2D eigenvalue weighted by atomic mass is 9.90. The third kappa shape index (κ3) is 6.39. The SMILES string of the molecule is Cc1ccc(CC(c2cccc(F)c2)c2nc(-c3ccc(CNCCC(=O)O)cc3)no2)cc1C.